The van der Waals surface area contributed by atoms with Crippen molar-refractivity contribution < 1.29 is 20.1 Å². The van der Waals surface area contributed by atoms with Crippen LogP contribution in [0.5, 0.6) is 0 Å². The molecule has 3 aromatic carbocycles. The monoisotopic (exact) mass is 437 g/mol. The maximum absolute atomic E-state index is 4.69. The fraction of sp³-hybridized carbons (Fsp3) is 0.0588. The van der Waals surface area contributed by atoms with Crippen LogP contribution < -0.4 is 0 Å². The Morgan fingerprint density at radius 3 is 1.80 bits per heavy atom. The van der Waals surface area contributed by atoms with Crippen LogP contribution in [0.3, 0.4) is 0 Å². The topological polar surface area (TPSA) is 25.8 Å². The molecule has 0 aliphatic heterocycles. The Balaban J connectivity index is 0.00000121. The van der Waals surface area contributed by atoms with Gasteiger partial charge in [-0.3, -0.25) is 4.98 Å². The average molecular weight is 437 g/mol. The molecule has 1 heterocycles. The summed E-state index contributed by atoms with van der Waals surface area (Å²) in [7, 11) is 0. The van der Waals surface area contributed by atoms with Crippen molar-refractivity contribution in [1.82, 2.24) is 9.97 Å². The summed E-state index contributed by atoms with van der Waals surface area (Å²) in [6, 6.07) is 16.8. The molecule has 96 valence electrons. The van der Waals surface area contributed by atoms with Crippen molar-refractivity contribution in [2.45, 2.75) is 6.92 Å². The molecule has 0 aliphatic rings. The van der Waals surface area contributed by atoms with E-state index in [2.05, 4.69) is 53.5 Å². The van der Waals surface area contributed by atoms with Crippen LogP contribution in [0.1, 0.15) is 5.69 Å². The number of fused-ring (bicyclic) bond motifs is 6. The van der Waals surface area contributed by atoms with Gasteiger partial charge in [0.2, 0.25) is 0 Å². The van der Waals surface area contributed by atoms with Crippen molar-refractivity contribution in [3.05, 3.63) is 60.4 Å². The summed E-state index contributed by atoms with van der Waals surface area (Å²) in [6.45, 7) is 1.98. The number of hydrogen-bond donors (Lipinski definition) is 0. The molecule has 0 atom stereocenters. The van der Waals surface area contributed by atoms with Crippen LogP contribution in [0, 0.1) is 6.92 Å². The molecule has 1 aromatic heterocycles. The minimum Gasteiger partial charge on any atom is -0.252 e. The van der Waals surface area contributed by atoms with E-state index in [1.165, 1.54) is 21.5 Å². The second kappa shape index (κ2) is 4.93. The SMILES string of the molecule is Cc1cnc2c3ccccc3c3ccccc3c2n1.[Ir+3]. The summed E-state index contributed by atoms with van der Waals surface area (Å²) in [5, 5.41) is 4.82. The van der Waals surface area contributed by atoms with Crippen LogP contribution in [-0.2, 0) is 20.1 Å². The molecule has 0 N–H and O–H groups in total. The quantitative estimate of drug-likeness (QED) is 0.386. The van der Waals surface area contributed by atoms with Gasteiger partial charge in [-0.1, -0.05) is 48.5 Å². The van der Waals surface area contributed by atoms with Crippen molar-refractivity contribution in [2.75, 3.05) is 0 Å². The number of aryl methyl sites for hydroxylation is 1. The summed E-state index contributed by atoms with van der Waals surface area (Å²) in [6.07, 6.45) is 1.84. The van der Waals surface area contributed by atoms with E-state index in [1.54, 1.807) is 0 Å². The maximum Gasteiger partial charge on any atom is 3.00 e. The van der Waals surface area contributed by atoms with E-state index in [4.69, 9.17) is 4.98 Å². The minimum atomic E-state index is 0. The third-order valence-corrected chi connectivity index (χ3v) is 3.55. The van der Waals surface area contributed by atoms with Crippen LogP contribution in [-0.4, -0.2) is 9.97 Å². The van der Waals surface area contributed by atoms with Gasteiger partial charge in [-0.25, -0.2) is 4.98 Å². The Labute approximate surface area is 130 Å². The van der Waals surface area contributed by atoms with Gasteiger partial charge in [-0.2, -0.15) is 0 Å². The molecule has 0 fully saturated rings. The maximum atomic E-state index is 4.69. The molecule has 2 nitrogen and oxygen atoms in total. The van der Waals surface area contributed by atoms with E-state index >= 15 is 0 Å². The summed E-state index contributed by atoms with van der Waals surface area (Å²) in [5.41, 5.74) is 2.93. The van der Waals surface area contributed by atoms with Crippen LogP contribution in [0.25, 0.3) is 32.6 Å². The Morgan fingerprint density at radius 1 is 0.700 bits per heavy atom. The molecule has 0 saturated heterocycles. The van der Waals surface area contributed by atoms with Gasteiger partial charge >= 0.3 is 20.1 Å². The first-order valence-electron chi connectivity index (χ1n) is 6.37. The van der Waals surface area contributed by atoms with Gasteiger partial charge in [0.15, 0.2) is 0 Å². The fourth-order valence-electron chi connectivity index (χ4n) is 2.71. The zero-order chi connectivity index (χ0) is 12.8. The van der Waals surface area contributed by atoms with Crippen LogP contribution in [0.4, 0.5) is 0 Å². The standard InChI is InChI=1S/C17H12N2.Ir/c1-11-10-18-16-14-8-4-2-6-12(14)13-7-3-5-9-15(13)17(16)19-11;/h2-10H,1H3;/q;+3. The van der Waals surface area contributed by atoms with Crippen molar-refractivity contribution in [3.63, 3.8) is 0 Å². The molecular weight excluding hydrogens is 424 g/mol. The van der Waals surface area contributed by atoms with Gasteiger partial charge in [-0.05, 0) is 17.7 Å². The number of nitrogens with zero attached hydrogens (tertiary/aromatic N) is 2. The Kier molecular flexibility index (Phi) is 3.25. The Bertz CT molecular complexity index is 896. The first-order valence-corrected chi connectivity index (χ1v) is 6.37. The predicted octanol–water partition coefficient (Wildman–Crippen LogP) is 4.24. The summed E-state index contributed by atoms with van der Waals surface area (Å²) in [5.74, 6) is 0. The van der Waals surface area contributed by atoms with Crippen molar-refractivity contribution in [1.29, 1.82) is 0 Å². The van der Waals surface area contributed by atoms with Gasteiger partial charge in [0, 0.05) is 17.0 Å². The molecule has 3 heteroatoms. The largest absolute Gasteiger partial charge is 3.00 e. The first-order chi connectivity index (χ1) is 9.34. The zero-order valence-corrected chi connectivity index (χ0v) is 13.3. The van der Waals surface area contributed by atoms with Crippen molar-refractivity contribution >= 4 is 32.6 Å². The average Bonchev–Trinajstić information content (AvgIpc) is 2.47. The molecule has 0 radical (unpaired) electrons. The number of aromatic nitrogens is 2. The van der Waals surface area contributed by atoms with Crippen molar-refractivity contribution in [3.8, 4) is 0 Å². The molecule has 20 heavy (non-hydrogen) atoms. The van der Waals surface area contributed by atoms with Gasteiger partial charge in [0.05, 0.1) is 16.7 Å². The molecule has 0 spiro atoms. The Morgan fingerprint density at radius 2 is 1.20 bits per heavy atom. The van der Waals surface area contributed by atoms with Gasteiger partial charge in [0.25, 0.3) is 0 Å². The smallest absolute Gasteiger partial charge is 0.252 e. The molecule has 0 saturated carbocycles. The van der Waals surface area contributed by atoms with Crippen molar-refractivity contribution in [2.24, 2.45) is 0 Å². The predicted molar refractivity (Wildman–Crippen MR) is 79.3 cm³/mol. The summed E-state index contributed by atoms with van der Waals surface area (Å²) in [4.78, 5) is 9.29. The first kappa shape index (κ1) is 13.2. The van der Waals surface area contributed by atoms with Crippen LogP contribution in [0.15, 0.2) is 54.7 Å². The van der Waals surface area contributed by atoms with E-state index in [1.807, 2.05) is 13.1 Å². The third-order valence-electron chi connectivity index (χ3n) is 3.55. The molecule has 4 aromatic rings. The van der Waals surface area contributed by atoms with Crippen LogP contribution >= 0.6 is 0 Å². The molecule has 4 rings (SSSR count). The van der Waals surface area contributed by atoms with E-state index in [9.17, 15) is 0 Å². The fourth-order valence-corrected chi connectivity index (χ4v) is 2.71. The molecular formula is C17H12IrN2+3. The van der Waals surface area contributed by atoms with E-state index < -0.39 is 0 Å². The summed E-state index contributed by atoms with van der Waals surface area (Å²) >= 11 is 0. The van der Waals surface area contributed by atoms with Gasteiger partial charge in [0.1, 0.15) is 0 Å². The number of hydrogen-bond acceptors (Lipinski definition) is 2. The minimum absolute atomic E-state index is 0. The third kappa shape index (κ3) is 1.82. The Hall–Kier alpha value is -1.83. The second-order valence-corrected chi connectivity index (χ2v) is 4.80. The second-order valence-electron chi connectivity index (χ2n) is 4.80. The molecule has 0 amide bonds. The van der Waals surface area contributed by atoms with E-state index in [-0.39, 0.29) is 20.1 Å². The number of rotatable bonds is 0. The van der Waals surface area contributed by atoms with E-state index in [0.717, 1.165) is 16.7 Å². The van der Waals surface area contributed by atoms with Gasteiger partial charge < -0.3 is 0 Å². The van der Waals surface area contributed by atoms with E-state index in [0.29, 0.717) is 0 Å². The number of benzene rings is 3. The summed E-state index contributed by atoms with van der Waals surface area (Å²) < 4.78 is 0. The normalized spacial score (nSPS) is 10.8. The van der Waals surface area contributed by atoms with Crippen LogP contribution in [0.2, 0.25) is 0 Å². The van der Waals surface area contributed by atoms with Gasteiger partial charge in [-0.15, -0.1) is 0 Å². The molecule has 0 unspecified atom stereocenters. The molecule has 0 aliphatic carbocycles. The molecule has 0 bridgehead atoms. The zero-order valence-electron chi connectivity index (χ0n) is 10.9.